The topological polar surface area (TPSA) is 87.3 Å². The van der Waals surface area contributed by atoms with Gasteiger partial charge in [0.05, 0.1) is 13.1 Å². The molecule has 7 heteroatoms. The molecule has 0 saturated heterocycles. The highest BCUT2D eigenvalue weighted by atomic mass is 35.5. The first-order valence-electron chi connectivity index (χ1n) is 6.64. The Bertz CT molecular complexity index is 558. The van der Waals surface area contributed by atoms with E-state index in [9.17, 15) is 14.4 Å². The van der Waals surface area contributed by atoms with Gasteiger partial charge < -0.3 is 16.0 Å². The van der Waals surface area contributed by atoms with Crippen molar-refractivity contribution in [3.8, 4) is 0 Å². The molecule has 3 N–H and O–H groups in total. The van der Waals surface area contributed by atoms with E-state index in [1.165, 1.54) is 6.07 Å². The van der Waals surface area contributed by atoms with Gasteiger partial charge in [-0.3, -0.25) is 14.4 Å². The lowest BCUT2D eigenvalue weighted by atomic mass is 10.2. The number of hydrogen-bond acceptors (Lipinski definition) is 3. The summed E-state index contributed by atoms with van der Waals surface area (Å²) in [6.45, 7) is -0.273. The summed E-state index contributed by atoms with van der Waals surface area (Å²) in [4.78, 5) is 34.7. The zero-order valence-corrected chi connectivity index (χ0v) is 12.1. The Kier molecular flexibility index (Phi) is 5.16. The van der Waals surface area contributed by atoms with Gasteiger partial charge in [0, 0.05) is 16.6 Å². The van der Waals surface area contributed by atoms with Crippen molar-refractivity contribution < 1.29 is 14.4 Å². The lowest BCUT2D eigenvalue weighted by molar-refractivity contribution is -0.125. The van der Waals surface area contributed by atoms with Crippen LogP contribution in [0.3, 0.4) is 0 Å². The zero-order chi connectivity index (χ0) is 15.2. The van der Waals surface area contributed by atoms with Crippen LogP contribution in [0.5, 0.6) is 0 Å². The Labute approximate surface area is 127 Å². The minimum atomic E-state index is -0.420. The molecular formula is C14H16ClN3O3. The summed E-state index contributed by atoms with van der Waals surface area (Å²) in [7, 11) is 0. The van der Waals surface area contributed by atoms with Gasteiger partial charge >= 0.3 is 0 Å². The van der Waals surface area contributed by atoms with E-state index in [1.807, 2.05) is 0 Å². The van der Waals surface area contributed by atoms with Crippen LogP contribution in [0.4, 0.5) is 0 Å². The van der Waals surface area contributed by atoms with Gasteiger partial charge in [-0.25, -0.2) is 0 Å². The third-order valence-electron chi connectivity index (χ3n) is 2.88. The van der Waals surface area contributed by atoms with Gasteiger partial charge in [-0.05, 0) is 31.0 Å². The van der Waals surface area contributed by atoms with Crippen molar-refractivity contribution in [1.82, 2.24) is 16.0 Å². The van der Waals surface area contributed by atoms with Crippen molar-refractivity contribution in [3.63, 3.8) is 0 Å². The molecule has 2 rings (SSSR count). The molecule has 1 saturated carbocycles. The molecule has 1 aliphatic rings. The van der Waals surface area contributed by atoms with Gasteiger partial charge in [0.2, 0.25) is 11.8 Å². The van der Waals surface area contributed by atoms with Crippen LogP contribution >= 0.6 is 11.6 Å². The fourth-order valence-electron chi connectivity index (χ4n) is 1.64. The summed E-state index contributed by atoms with van der Waals surface area (Å²) in [5, 5.41) is 8.10. The van der Waals surface area contributed by atoms with Crippen molar-refractivity contribution in [2.75, 3.05) is 13.1 Å². The first-order valence-corrected chi connectivity index (χ1v) is 7.02. The smallest absolute Gasteiger partial charge is 0.251 e. The van der Waals surface area contributed by atoms with Crippen molar-refractivity contribution in [3.05, 3.63) is 34.9 Å². The fraction of sp³-hybridized carbons (Fsp3) is 0.357. The summed E-state index contributed by atoms with van der Waals surface area (Å²) in [6.07, 6.45) is 1.99. The molecule has 0 atom stereocenters. The van der Waals surface area contributed by atoms with Gasteiger partial charge in [-0.1, -0.05) is 17.7 Å². The highest BCUT2D eigenvalue weighted by Gasteiger charge is 2.23. The molecule has 0 heterocycles. The molecule has 1 fully saturated rings. The van der Waals surface area contributed by atoms with E-state index < -0.39 is 11.8 Å². The van der Waals surface area contributed by atoms with Gasteiger partial charge in [-0.15, -0.1) is 0 Å². The van der Waals surface area contributed by atoms with E-state index in [1.54, 1.807) is 18.2 Å². The summed E-state index contributed by atoms with van der Waals surface area (Å²) >= 11 is 5.78. The van der Waals surface area contributed by atoms with E-state index in [0.29, 0.717) is 10.6 Å². The number of hydrogen-bond donors (Lipinski definition) is 3. The SMILES string of the molecule is O=C(CNC(=O)c1cccc(Cl)c1)NCC(=O)NC1CC1. The predicted octanol–water partition coefficient (Wildman–Crippen LogP) is 0.465. The maximum absolute atomic E-state index is 11.8. The van der Waals surface area contributed by atoms with Crippen molar-refractivity contribution in [1.29, 1.82) is 0 Å². The number of amides is 3. The molecule has 0 aromatic heterocycles. The van der Waals surface area contributed by atoms with Gasteiger partial charge in [0.1, 0.15) is 0 Å². The highest BCUT2D eigenvalue weighted by Crippen LogP contribution is 2.18. The second-order valence-corrected chi connectivity index (χ2v) is 5.25. The summed E-state index contributed by atoms with van der Waals surface area (Å²) in [6, 6.07) is 6.68. The molecule has 112 valence electrons. The van der Waals surface area contributed by atoms with Gasteiger partial charge in [0.15, 0.2) is 0 Å². The van der Waals surface area contributed by atoms with Crippen LogP contribution in [-0.2, 0) is 9.59 Å². The summed E-state index contributed by atoms with van der Waals surface area (Å²) in [5.74, 6) is -1.03. The van der Waals surface area contributed by atoms with Crippen molar-refractivity contribution >= 4 is 29.3 Å². The van der Waals surface area contributed by atoms with E-state index in [2.05, 4.69) is 16.0 Å². The predicted molar refractivity (Wildman–Crippen MR) is 78.0 cm³/mol. The fourth-order valence-corrected chi connectivity index (χ4v) is 1.83. The van der Waals surface area contributed by atoms with Crippen molar-refractivity contribution in [2.24, 2.45) is 0 Å². The number of carbonyl (C=O) groups excluding carboxylic acids is 3. The average molecular weight is 310 g/mol. The van der Waals surface area contributed by atoms with Crippen LogP contribution in [0, 0.1) is 0 Å². The van der Waals surface area contributed by atoms with Crippen LogP contribution in [0.2, 0.25) is 5.02 Å². The van der Waals surface area contributed by atoms with Gasteiger partial charge in [0.25, 0.3) is 5.91 Å². The molecule has 1 aliphatic carbocycles. The quantitative estimate of drug-likeness (QED) is 0.713. The normalized spacial score (nSPS) is 13.4. The molecule has 3 amide bonds. The van der Waals surface area contributed by atoms with Crippen LogP contribution in [0.1, 0.15) is 23.2 Å². The number of nitrogens with one attached hydrogen (secondary N) is 3. The number of benzene rings is 1. The lowest BCUT2D eigenvalue weighted by Gasteiger charge is -2.07. The Morgan fingerprint density at radius 3 is 2.48 bits per heavy atom. The average Bonchev–Trinajstić information content (AvgIpc) is 3.26. The van der Waals surface area contributed by atoms with Crippen LogP contribution in [0.25, 0.3) is 0 Å². The Hall–Kier alpha value is -2.08. The molecule has 21 heavy (non-hydrogen) atoms. The van der Waals surface area contributed by atoms with Crippen LogP contribution < -0.4 is 16.0 Å². The molecular weight excluding hydrogens is 294 g/mol. The molecule has 0 bridgehead atoms. The zero-order valence-electron chi connectivity index (χ0n) is 11.3. The molecule has 1 aromatic rings. The minimum absolute atomic E-state index is 0.0810. The Balaban J connectivity index is 1.68. The number of rotatable bonds is 6. The maximum atomic E-state index is 11.8. The Morgan fingerprint density at radius 1 is 1.10 bits per heavy atom. The first kappa shape index (κ1) is 15.3. The second-order valence-electron chi connectivity index (χ2n) is 4.81. The van der Waals surface area contributed by atoms with Crippen LogP contribution in [0.15, 0.2) is 24.3 Å². The van der Waals surface area contributed by atoms with Crippen LogP contribution in [-0.4, -0.2) is 36.9 Å². The number of halogens is 1. The molecule has 0 aliphatic heterocycles. The lowest BCUT2D eigenvalue weighted by Crippen LogP contribution is -2.42. The highest BCUT2D eigenvalue weighted by molar-refractivity contribution is 6.30. The monoisotopic (exact) mass is 309 g/mol. The summed E-state index contributed by atoms with van der Waals surface area (Å²) < 4.78 is 0. The van der Waals surface area contributed by atoms with E-state index in [-0.39, 0.29) is 25.0 Å². The molecule has 0 radical (unpaired) electrons. The largest absolute Gasteiger partial charge is 0.352 e. The first-order chi connectivity index (χ1) is 10.0. The maximum Gasteiger partial charge on any atom is 0.251 e. The van der Waals surface area contributed by atoms with E-state index >= 15 is 0 Å². The summed E-state index contributed by atoms with van der Waals surface area (Å²) in [5.41, 5.74) is 0.377. The number of carbonyl (C=O) groups is 3. The molecule has 0 spiro atoms. The van der Waals surface area contributed by atoms with Gasteiger partial charge in [-0.2, -0.15) is 0 Å². The third-order valence-corrected chi connectivity index (χ3v) is 3.12. The molecule has 0 unspecified atom stereocenters. The molecule has 1 aromatic carbocycles. The van der Waals surface area contributed by atoms with E-state index in [4.69, 9.17) is 11.6 Å². The minimum Gasteiger partial charge on any atom is -0.352 e. The van der Waals surface area contributed by atoms with Crippen molar-refractivity contribution in [2.45, 2.75) is 18.9 Å². The van der Waals surface area contributed by atoms with E-state index in [0.717, 1.165) is 12.8 Å². The standard InChI is InChI=1S/C14H16ClN3O3/c15-10-3-1-2-9(6-10)14(21)17-7-12(19)16-8-13(20)18-11-4-5-11/h1-3,6,11H,4-5,7-8H2,(H,16,19)(H,17,21)(H,18,20). The molecule has 6 nitrogen and oxygen atoms in total. The second kappa shape index (κ2) is 7.08. The Morgan fingerprint density at radius 2 is 1.81 bits per heavy atom. The third kappa shape index (κ3) is 5.43.